The van der Waals surface area contributed by atoms with Crippen LogP contribution in [0.1, 0.15) is 39.0 Å². The van der Waals surface area contributed by atoms with Gasteiger partial charge in [-0.05, 0) is 18.8 Å². The Kier molecular flexibility index (Phi) is 4.74. The Hall–Kier alpha value is -0.220. The summed E-state index contributed by atoms with van der Waals surface area (Å²) in [4.78, 5) is 13.4. The number of hydrogen-bond acceptors (Lipinski definition) is 3. The van der Waals surface area contributed by atoms with Gasteiger partial charge < -0.3 is 5.11 Å². The van der Waals surface area contributed by atoms with Crippen molar-refractivity contribution in [1.82, 2.24) is 4.90 Å². The minimum absolute atomic E-state index is 0.265. The molecule has 98 valence electrons. The number of thioether (sulfide) groups is 1. The quantitative estimate of drug-likeness (QED) is 0.843. The second-order valence-electron chi connectivity index (χ2n) is 5.49. The van der Waals surface area contributed by atoms with Gasteiger partial charge >= 0.3 is 5.97 Å². The Morgan fingerprint density at radius 3 is 3.00 bits per heavy atom. The van der Waals surface area contributed by atoms with E-state index in [1.165, 1.54) is 31.4 Å². The van der Waals surface area contributed by atoms with Crippen molar-refractivity contribution < 1.29 is 9.90 Å². The molecule has 4 heteroatoms. The summed E-state index contributed by atoms with van der Waals surface area (Å²) in [5, 5.41) is 9.00. The van der Waals surface area contributed by atoms with Gasteiger partial charge in [0, 0.05) is 30.1 Å². The zero-order valence-corrected chi connectivity index (χ0v) is 11.4. The topological polar surface area (TPSA) is 40.5 Å². The second kappa shape index (κ2) is 6.10. The van der Waals surface area contributed by atoms with Crippen molar-refractivity contribution >= 4 is 17.7 Å². The third-order valence-electron chi connectivity index (χ3n) is 4.06. The lowest BCUT2D eigenvalue weighted by Gasteiger charge is -2.43. The van der Waals surface area contributed by atoms with Gasteiger partial charge in [-0.25, -0.2) is 0 Å². The highest BCUT2D eigenvalue weighted by Crippen LogP contribution is 2.31. The van der Waals surface area contributed by atoms with Crippen LogP contribution in [-0.4, -0.2) is 46.1 Å². The van der Waals surface area contributed by atoms with Crippen LogP contribution >= 0.6 is 11.8 Å². The highest BCUT2D eigenvalue weighted by Gasteiger charge is 2.32. The van der Waals surface area contributed by atoms with E-state index < -0.39 is 5.97 Å². The summed E-state index contributed by atoms with van der Waals surface area (Å²) in [6, 6.07) is 0.908. The van der Waals surface area contributed by atoms with Gasteiger partial charge in [0.25, 0.3) is 0 Å². The van der Waals surface area contributed by atoms with Crippen molar-refractivity contribution in [1.29, 1.82) is 0 Å². The van der Waals surface area contributed by atoms with E-state index in [9.17, 15) is 4.79 Å². The number of rotatable bonds is 3. The molecule has 0 bridgehead atoms. The third-order valence-corrected chi connectivity index (χ3v) is 5.15. The maximum Gasteiger partial charge on any atom is 0.304 e. The lowest BCUT2D eigenvalue weighted by atomic mass is 9.85. The molecule has 1 heterocycles. The van der Waals surface area contributed by atoms with Gasteiger partial charge in [-0.1, -0.05) is 19.8 Å². The first kappa shape index (κ1) is 13.2. The largest absolute Gasteiger partial charge is 0.481 e. The third kappa shape index (κ3) is 3.62. The lowest BCUT2D eigenvalue weighted by molar-refractivity contribution is -0.138. The molecule has 0 aromatic heterocycles. The van der Waals surface area contributed by atoms with Crippen molar-refractivity contribution in [3.63, 3.8) is 0 Å². The smallest absolute Gasteiger partial charge is 0.304 e. The fraction of sp³-hybridized carbons (Fsp3) is 0.923. The van der Waals surface area contributed by atoms with E-state index in [1.807, 2.05) is 11.8 Å². The molecule has 1 aliphatic carbocycles. The van der Waals surface area contributed by atoms with Crippen LogP contribution in [0.2, 0.25) is 0 Å². The minimum atomic E-state index is -0.647. The highest BCUT2D eigenvalue weighted by molar-refractivity contribution is 7.99. The molecule has 2 fully saturated rings. The molecule has 1 aliphatic heterocycles. The fourth-order valence-corrected chi connectivity index (χ4v) is 4.32. The molecule has 1 N–H and O–H groups in total. The molecule has 17 heavy (non-hydrogen) atoms. The van der Waals surface area contributed by atoms with Gasteiger partial charge in [-0.3, -0.25) is 9.69 Å². The fourth-order valence-electron chi connectivity index (χ4n) is 3.23. The van der Waals surface area contributed by atoms with E-state index in [-0.39, 0.29) is 6.04 Å². The van der Waals surface area contributed by atoms with Crippen molar-refractivity contribution in [2.75, 3.05) is 18.1 Å². The number of carboxylic acids is 1. The van der Waals surface area contributed by atoms with Crippen LogP contribution in [0.3, 0.4) is 0 Å². The molecule has 0 radical (unpaired) electrons. The zero-order valence-electron chi connectivity index (χ0n) is 10.6. The molecule has 1 saturated carbocycles. The Morgan fingerprint density at radius 2 is 2.29 bits per heavy atom. The van der Waals surface area contributed by atoms with Crippen LogP contribution in [0.4, 0.5) is 0 Å². The average molecular weight is 257 g/mol. The average Bonchev–Trinajstić information content (AvgIpc) is 2.29. The van der Waals surface area contributed by atoms with Crippen LogP contribution in [0.5, 0.6) is 0 Å². The summed E-state index contributed by atoms with van der Waals surface area (Å²) in [6.07, 6.45) is 5.52. The van der Waals surface area contributed by atoms with Crippen molar-refractivity contribution in [3.05, 3.63) is 0 Å². The van der Waals surface area contributed by atoms with E-state index in [0.29, 0.717) is 12.5 Å². The van der Waals surface area contributed by atoms with Crippen molar-refractivity contribution in [2.24, 2.45) is 5.92 Å². The van der Waals surface area contributed by atoms with Crippen LogP contribution in [0.25, 0.3) is 0 Å². The molecule has 0 aromatic carbocycles. The number of carbonyl (C=O) groups is 1. The molecule has 3 nitrogen and oxygen atoms in total. The monoisotopic (exact) mass is 257 g/mol. The van der Waals surface area contributed by atoms with Gasteiger partial charge in [0.15, 0.2) is 0 Å². The van der Waals surface area contributed by atoms with Gasteiger partial charge in [-0.15, -0.1) is 0 Å². The van der Waals surface area contributed by atoms with E-state index >= 15 is 0 Å². The highest BCUT2D eigenvalue weighted by atomic mass is 32.2. The number of aliphatic carboxylic acids is 1. The van der Waals surface area contributed by atoms with Crippen molar-refractivity contribution in [3.8, 4) is 0 Å². The molecule has 2 aliphatic rings. The predicted octanol–water partition coefficient (Wildman–Crippen LogP) is 2.46. The van der Waals surface area contributed by atoms with Crippen LogP contribution in [0.15, 0.2) is 0 Å². The molecule has 0 aromatic rings. The molecule has 1 saturated heterocycles. The SMILES string of the molecule is CC1CCCC(N2CCSCC2CC(=O)O)C1. The molecule has 3 atom stereocenters. The second-order valence-corrected chi connectivity index (χ2v) is 6.64. The van der Waals surface area contributed by atoms with Crippen LogP contribution < -0.4 is 0 Å². The normalized spacial score (nSPS) is 35.7. The zero-order chi connectivity index (χ0) is 12.3. The number of carboxylic acid groups (broad SMARTS) is 1. The maximum absolute atomic E-state index is 10.9. The molecule has 3 unspecified atom stereocenters. The first-order valence-corrected chi connectivity index (χ1v) is 7.87. The molecule has 2 rings (SSSR count). The summed E-state index contributed by atoms with van der Waals surface area (Å²) >= 11 is 1.91. The summed E-state index contributed by atoms with van der Waals surface area (Å²) in [6.45, 7) is 3.41. The Morgan fingerprint density at radius 1 is 1.47 bits per heavy atom. The predicted molar refractivity (Wildman–Crippen MR) is 71.5 cm³/mol. The first-order valence-electron chi connectivity index (χ1n) is 6.72. The number of hydrogen-bond donors (Lipinski definition) is 1. The summed E-state index contributed by atoms with van der Waals surface area (Å²) in [5.74, 6) is 2.33. The van der Waals surface area contributed by atoms with E-state index in [1.54, 1.807) is 0 Å². The molecular formula is C13H23NO2S. The summed E-state index contributed by atoms with van der Waals surface area (Å²) < 4.78 is 0. The Bertz CT molecular complexity index is 272. The maximum atomic E-state index is 10.9. The standard InChI is InChI=1S/C13H23NO2S/c1-10-3-2-4-11(7-10)14-5-6-17-9-12(14)8-13(15)16/h10-12H,2-9H2,1H3,(H,15,16). The molecule has 0 spiro atoms. The van der Waals surface area contributed by atoms with Gasteiger partial charge in [0.1, 0.15) is 0 Å². The van der Waals surface area contributed by atoms with Crippen LogP contribution in [-0.2, 0) is 4.79 Å². The minimum Gasteiger partial charge on any atom is -0.481 e. The van der Waals surface area contributed by atoms with Crippen molar-refractivity contribution in [2.45, 2.75) is 51.1 Å². The van der Waals surface area contributed by atoms with Crippen LogP contribution in [0, 0.1) is 5.92 Å². The Balaban J connectivity index is 1.97. The van der Waals surface area contributed by atoms with E-state index in [0.717, 1.165) is 18.2 Å². The van der Waals surface area contributed by atoms with Gasteiger partial charge in [0.05, 0.1) is 6.42 Å². The lowest BCUT2D eigenvalue weighted by Crippen LogP contribution is -2.50. The van der Waals surface area contributed by atoms with E-state index in [4.69, 9.17) is 5.11 Å². The summed E-state index contributed by atoms with van der Waals surface area (Å²) in [5.41, 5.74) is 0. The molecular weight excluding hydrogens is 234 g/mol. The molecule has 0 amide bonds. The summed E-state index contributed by atoms with van der Waals surface area (Å²) in [7, 11) is 0. The first-order chi connectivity index (χ1) is 8.16. The Labute approximate surface area is 108 Å². The number of nitrogens with zero attached hydrogens (tertiary/aromatic N) is 1. The van der Waals surface area contributed by atoms with E-state index in [2.05, 4.69) is 11.8 Å². The van der Waals surface area contributed by atoms with Gasteiger partial charge in [0.2, 0.25) is 0 Å². The van der Waals surface area contributed by atoms with Gasteiger partial charge in [-0.2, -0.15) is 11.8 Å².